The van der Waals surface area contributed by atoms with Crippen LogP contribution in [0.4, 0.5) is 0 Å². The standard InChI is InChI=1S/C15H20O2/c1-3-5-6-7-13-8-10-14(11-9-13)12-17-15(16)4-2/h4,8-11H,2-3,5-7,12H2,1H3. The number of hydrogen-bond acceptors (Lipinski definition) is 2. The van der Waals surface area contributed by atoms with Crippen LogP contribution in [0.3, 0.4) is 0 Å². The summed E-state index contributed by atoms with van der Waals surface area (Å²) in [6.45, 7) is 5.88. The fraction of sp³-hybridized carbons (Fsp3) is 0.400. The second-order valence-electron chi connectivity index (χ2n) is 4.09. The van der Waals surface area contributed by atoms with Crippen molar-refractivity contribution in [1.82, 2.24) is 0 Å². The molecule has 0 spiro atoms. The second-order valence-corrected chi connectivity index (χ2v) is 4.09. The van der Waals surface area contributed by atoms with Crippen LogP contribution in [-0.2, 0) is 22.6 Å². The number of unbranched alkanes of at least 4 members (excludes halogenated alkanes) is 2. The fourth-order valence-corrected chi connectivity index (χ4v) is 1.59. The molecule has 1 rings (SSSR count). The first-order valence-corrected chi connectivity index (χ1v) is 6.13. The highest BCUT2D eigenvalue weighted by Gasteiger charge is 1.98. The Bertz CT molecular complexity index is 352. The topological polar surface area (TPSA) is 26.3 Å². The molecular weight excluding hydrogens is 212 g/mol. The van der Waals surface area contributed by atoms with Crippen molar-refractivity contribution in [3.05, 3.63) is 48.0 Å². The Morgan fingerprint density at radius 1 is 1.24 bits per heavy atom. The van der Waals surface area contributed by atoms with E-state index in [0.29, 0.717) is 6.61 Å². The lowest BCUT2D eigenvalue weighted by molar-refractivity contribution is -0.138. The summed E-state index contributed by atoms with van der Waals surface area (Å²) < 4.78 is 4.96. The number of rotatable bonds is 7. The van der Waals surface area contributed by atoms with Gasteiger partial charge in [-0.3, -0.25) is 0 Å². The summed E-state index contributed by atoms with van der Waals surface area (Å²) in [5.74, 6) is -0.378. The molecule has 1 aromatic carbocycles. The Labute approximate surface area is 103 Å². The molecular formula is C15H20O2. The third-order valence-corrected chi connectivity index (χ3v) is 2.64. The third-order valence-electron chi connectivity index (χ3n) is 2.64. The lowest BCUT2D eigenvalue weighted by atomic mass is 10.1. The molecule has 0 aliphatic carbocycles. The zero-order valence-corrected chi connectivity index (χ0v) is 10.4. The third kappa shape index (κ3) is 5.34. The van der Waals surface area contributed by atoms with Gasteiger partial charge in [0, 0.05) is 6.08 Å². The number of esters is 1. The van der Waals surface area contributed by atoms with E-state index in [1.54, 1.807) is 0 Å². The Morgan fingerprint density at radius 3 is 2.47 bits per heavy atom. The van der Waals surface area contributed by atoms with Crippen LogP contribution in [0.5, 0.6) is 0 Å². The van der Waals surface area contributed by atoms with Crippen LogP contribution in [0.25, 0.3) is 0 Å². The van der Waals surface area contributed by atoms with E-state index in [0.717, 1.165) is 12.0 Å². The van der Waals surface area contributed by atoms with Crippen molar-refractivity contribution in [3.8, 4) is 0 Å². The highest BCUT2D eigenvalue weighted by atomic mass is 16.5. The van der Waals surface area contributed by atoms with Gasteiger partial charge in [-0.2, -0.15) is 0 Å². The van der Waals surface area contributed by atoms with E-state index in [9.17, 15) is 4.79 Å². The monoisotopic (exact) mass is 232 g/mol. The summed E-state index contributed by atoms with van der Waals surface area (Å²) in [7, 11) is 0. The number of hydrogen-bond donors (Lipinski definition) is 0. The molecule has 0 aromatic heterocycles. The maximum absolute atomic E-state index is 10.9. The van der Waals surface area contributed by atoms with E-state index >= 15 is 0 Å². The van der Waals surface area contributed by atoms with Gasteiger partial charge >= 0.3 is 5.97 Å². The number of carbonyl (C=O) groups excluding carboxylic acids is 1. The van der Waals surface area contributed by atoms with Crippen molar-refractivity contribution >= 4 is 5.97 Å². The Kier molecular flexibility index (Phi) is 6.08. The maximum Gasteiger partial charge on any atom is 0.330 e. The molecule has 17 heavy (non-hydrogen) atoms. The van der Waals surface area contributed by atoms with Crippen molar-refractivity contribution in [3.63, 3.8) is 0 Å². The molecule has 2 nitrogen and oxygen atoms in total. The van der Waals surface area contributed by atoms with Crippen LogP contribution in [-0.4, -0.2) is 5.97 Å². The number of benzene rings is 1. The molecule has 0 fully saturated rings. The van der Waals surface area contributed by atoms with Crippen molar-refractivity contribution < 1.29 is 9.53 Å². The molecule has 0 atom stereocenters. The fourth-order valence-electron chi connectivity index (χ4n) is 1.59. The molecule has 0 radical (unpaired) electrons. The van der Waals surface area contributed by atoms with Gasteiger partial charge in [0.2, 0.25) is 0 Å². The van der Waals surface area contributed by atoms with Crippen LogP contribution >= 0.6 is 0 Å². The molecule has 2 heteroatoms. The Morgan fingerprint density at radius 2 is 1.88 bits per heavy atom. The number of aryl methyl sites for hydroxylation is 1. The molecule has 0 unspecified atom stereocenters. The zero-order chi connectivity index (χ0) is 12.5. The highest BCUT2D eigenvalue weighted by molar-refractivity contribution is 5.81. The van der Waals surface area contributed by atoms with Gasteiger partial charge in [-0.15, -0.1) is 0 Å². The van der Waals surface area contributed by atoms with Gasteiger partial charge in [0.1, 0.15) is 6.61 Å². The van der Waals surface area contributed by atoms with Gasteiger partial charge < -0.3 is 4.74 Å². The molecule has 0 aliphatic rings. The van der Waals surface area contributed by atoms with Gasteiger partial charge in [0.15, 0.2) is 0 Å². The second kappa shape index (κ2) is 7.66. The summed E-state index contributed by atoms with van der Waals surface area (Å²) in [4.78, 5) is 10.9. The van der Waals surface area contributed by atoms with Gasteiger partial charge in [-0.25, -0.2) is 4.79 Å². The predicted octanol–water partition coefficient (Wildman–Crippen LogP) is 3.65. The Balaban J connectivity index is 2.39. The minimum Gasteiger partial charge on any atom is -0.458 e. The minimum absolute atomic E-state index is 0.320. The molecule has 0 aliphatic heterocycles. The van der Waals surface area contributed by atoms with Gasteiger partial charge in [0.25, 0.3) is 0 Å². The maximum atomic E-state index is 10.9. The quantitative estimate of drug-likeness (QED) is 0.407. The normalized spacial score (nSPS) is 9.94. The summed E-state index contributed by atoms with van der Waals surface area (Å²) in [5.41, 5.74) is 2.36. The smallest absolute Gasteiger partial charge is 0.330 e. The van der Waals surface area contributed by atoms with E-state index in [2.05, 4.69) is 25.6 Å². The summed E-state index contributed by atoms with van der Waals surface area (Å²) in [6, 6.07) is 8.23. The van der Waals surface area contributed by atoms with E-state index < -0.39 is 0 Å². The summed E-state index contributed by atoms with van der Waals surface area (Å²) >= 11 is 0. The molecule has 0 saturated heterocycles. The largest absolute Gasteiger partial charge is 0.458 e. The zero-order valence-electron chi connectivity index (χ0n) is 10.4. The SMILES string of the molecule is C=CC(=O)OCc1ccc(CCCCC)cc1. The van der Waals surface area contributed by atoms with E-state index in [1.165, 1.54) is 30.9 Å². The van der Waals surface area contributed by atoms with Gasteiger partial charge in [-0.1, -0.05) is 50.6 Å². The average Bonchev–Trinajstić information content (AvgIpc) is 2.37. The lowest BCUT2D eigenvalue weighted by Gasteiger charge is -2.04. The lowest BCUT2D eigenvalue weighted by Crippen LogP contribution is -2.00. The van der Waals surface area contributed by atoms with Crippen LogP contribution in [0.15, 0.2) is 36.9 Å². The molecule has 0 amide bonds. The van der Waals surface area contributed by atoms with Crippen molar-refractivity contribution in [2.45, 2.75) is 39.2 Å². The number of ether oxygens (including phenoxy) is 1. The first-order valence-electron chi connectivity index (χ1n) is 6.13. The van der Waals surface area contributed by atoms with Gasteiger partial charge in [-0.05, 0) is 24.0 Å². The van der Waals surface area contributed by atoms with E-state index in [1.807, 2.05) is 12.1 Å². The first kappa shape index (κ1) is 13.5. The average molecular weight is 232 g/mol. The van der Waals surface area contributed by atoms with Crippen LogP contribution < -0.4 is 0 Å². The van der Waals surface area contributed by atoms with Gasteiger partial charge in [0.05, 0.1) is 0 Å². The first-order chi connectivity index (χ1) is 8.26. The highest BCUT2D eigenvalue weighted by Crippen LogP contribution is 2.09. The summed E-state index contributed by atoms with van der Waals surface area (Å²) in [5, 5.41) is 0. The molecule has 0 N–H and O–H groups in total. The summed E-state index contributed by atoms with van der Waals surface area (Å²) in [6.07, 6.45) is 6.06. The van der Waals surface area contributed by atoms with E-state index in [-0.39, 0.29) is 5.97 Å². The minimum atomic E-state index is -0.378. The molecule has 0 saturated carbocycles. The van der Waals surface area contributed by atoms with Crippen molar-refractivity contribution in [2.24, 2.45) is 0 Å². The molecule has 1 aromatic rings. The predicted molar refractivity (Wildman–Crippen MR) is 69.7 cm³/mol. The molecule has 0 bridgehead atoms. The van der Waals surface area contributed by atoms with Crippen LogP contribution in [0.1, 0.15) is 37.3 Å². The molecule has 0 heterocycles. The van der Waals surface area contributed by atoms with Crippen molar-refractivity contribution in [1.29, 1.82) is 0 Å². The van der Waals surface area contributed by atoms with Crippen molar-refractivity contribution in [2.75, 3.05) is 0 Å². The van der Waals surface area contributed by atoms with Crippen LogP contribution in [0.2, 0.25) is 0 Å². The Hall–Kier alpha value is -1.57. The number of carbonyl (C=O) groups is 1. The van der Waals surface area contributed by atoms with E-state index in [4.69, 9.17) is 4.74 Å². The van der Waals surface area contributed by atoms with Crippen LogP contribution in [0, 0.1) is 0 Å². The molecule has 92 valence electrons.